The zero-order valence-corrected chi connectivity index (χ0v) is 51.0. The Morgan fingerprint density at radius 1 is 0.368 bits per heavy atom. The third kappa shape index (κ3) is 61.0. The summed E-state index contributed by atoms with van der Waals surface area (Å²) in [7, 11) is 0. The molecule has 0 rings (SSSR count). The summed E-state index contributed by atoms with van der Waals surface area (Å²) in [5.41, 5.74) is 0. The van der Waals surface area contributed by atoms with E-state index < -0.39 is 12.1 Å². The van der Waals surface area contributed by atoms with Crippen LogP contribution in [0.2, 0.25) is 0 Å². The number of amides is 1. The van der Waals surface area contributed by atoms with E-state index in [0.29, 0.717) is 19.4 Å². The molecule has 0 spiro atoms. The van der Waals surface area contributed by atoms with Crippen LogP contribution in [0.25, 0.3) is 0 Å². The molecule has 6 heteroatoms. The molecule has 6 nitrogen and oxygen atoms in total. The average molecular weight is 1070 g/mol. The lowest BCUT2D eigenvalue weighted by Crippen LogP contribution is -2.45. The number of hydrogen-bond donors (Lipinski definition) is 3. The fourth-order valence-corrected chi connectivity index (χ4v) is 10.4. The van der Waals surface area contributed by atoms with Crippen molar-refractivity contribution in [1.82, 2.24) is 5.32 Å². The standard InChI is InChI=1S/C70H131NO5/c1-3-5-7-9-11-13-15-17-18-19-20-21-22-23-24-26-29-32-35-39-42-46-50-54-58-62-68(73)67(66-72)71-69(74)63-59-55-51-47-43-40-36-33-30-27-25-28-31-34-37-41-45-49-53-57-61-65-76-70(75)64-60-56-52-48-44-38-16-14-12-10-8-6-4-2/h8,10,14,16,27,30,58,62,67-68,72-73H,3-7,9,11-13,15,17-26,28-29,31-57,59-61,63-66H2,1-2H3,(H,71,74)/b10-8-,16-14-,30-27-,62-58+. The van der Waals surface area contributed by atoms with Crippen LogP contribution in [0, 0.1) is 0 Å². The van der Waals surface area contributed by atoms with Crippen molar-refractivity contribution in [2.24, 2.45) is 0 Å². The Labute approximate surface area is 474 Å². The quantitative estimate of drug-likeness (QED) is 0.0320. The van der Waals surface area contributed by atoms with Gasteiger partial charge in [-0.25, -0.2) is 0 Å². The Morgan fingerprint density at radius 2 is 0.684 bits per heavy atom. The fraction of sp³-hybridized carbons (Fsp3) is 0.857. The number of esters is 1. The van der Waals surface area contributed by atoms with E-state index in [9.17, 15) is 19.8 Å². The largest absolute Gasteiger partial charge is 0.466 e. The topological polar surface area (TPSA) is 95.9 Å². The lowest BCUT2D eigenvalue weighted by molar-refractivity contribution is -0.143. The van der Waals surface area contributed by atoms with Gasteiger partial charge in [-0.05, 0) is 83.5 Å². The van der Waals surface area contributed by atoms with E-state index in [-0.39, 0.29) is 18.5 Å². The number of unbranched alkanes of at least 4 members (excludes halogenated alkanes) is 46. The summed E-state index contributed by atoms with van der Waals surface area (Å²) in [6.07, 6.45) is 84.6. The maximum atomic E-state index is 12.5. The van der Waals surface area contributed by atoms with E-state index in [1.165, 1.54) is 276 Å². The molecular formula is C70H131NO5. The van der Waals surface area contributed by atoms with Crippen LogP contribution >= 0.6 is 0 Å². The Balaban J connectivity index is 3.46. The second-order valence-corrected chi connectivity index (χ2v) is 23.1. The molecule has 0 aliphatic rings. The van der Waals surface area contributed by atoms with Gasteiger partial charge in [-0.15, -0.1) is 0 Å². The highest BCUT2D eigenvalue weighted by molar-refractivity contribution is 5.76. The SMILES string of the molecule is CCC/C=C\C/C=C\CCCCCCCC(=O)OCCCCCCCCCCCC/C=C\CCCCCCCCCC(=O)NC(CO)C(O)/C=C/CCCCCCCCCCCCCCCCCCCCCCCCC. The monoisotopic (exact) mass is 1070 g/mol. The number of hydrogen-bond acceptors (Lipinski definition) is 5. The molecule has 0 heterocycles. The first-order valence-corrected chi connectivity index (χ1v) is 33.9. The van der Waals surface area contributed by atoms with Crippen LogP contribution in [0.4, 0.5) is 0 Å². The van der Waals surface area contributed by atoms with Crippen LogP contribution in [0.3, 0.4) is 0 Å². The number of aliphatic hydroxyl groups is 2. The van der Waals surface area contributed by atoms with Crippen molar-refractivity contribution in [1.29, 1.82) is 0 Å². The molecule has 0 bridgehead atoms. The molecule has 0 fully saturated rings. The molecule has 0 saturated carbocycles. The number of carbonyl (C=O) groups excluding carboxylic acids is 2. The molecule has 0 aromatic carbocycles. The smallest absolute Gasteiger partial charge is 0.305 e. The van der Waals surface area contributed by atoms with Gasteiger partial charge in [0.15, 0.2) is 0 Å². The Bertz CT molecular complexity index is 1270. The van der Waals surface area contributed by atoms with Crippen molar-refractivity contribution >= 4 is 11.9 Å². The molecule has 3 N–H and O–H groups in total. The van der Waals surface area contributed by atoms with E-state index in [4.69, 9.17) is 4.74 Å². The second kappa shape index (κ2) is 65.3. The van der Waals surface area contributed by atoms with Crippen molar-refractivity contribution in [3.8, 4) is 0 Å². The zero-order chi connectivity index (χ0) is 55.0. The Hall–Kier alpha value is -2.18. The third-order valence-corrected chi connectivity index (χ3v) is 15.5. The summed E-state index contributed by atoms with van der Waals surface area (Å²) in [4.78, 5) is 24.6. The molecule has 76 heavy (non-hydrogen) atoms. The third-order valence-electron chi connectivity index (χ3n) is 15.5. The lowest BCUT2D eigenvalue weighted by Gasteiger charge is -2.20. The molecule has 0 radical (unpaired) electrons. The minimum absolute atomic E-state index is 0.00766. The normalized spacial score (nSPS) is 12.8. The van der Waals surface area contributed by atoms with Crippen molar-refractivity contribution in [2.45, 2.75) is 373 Å². The maximum Gasteiger partial charge on any atom is 0.305 e. The Morgan fingerprint density at radius 3 is 1.07 bits per heavy atom. The van der Waals surface area contributed by atoms with Crippen LogP contribution < -0.4 is 5.32 Å². The second-order valence-electron chi connectivity index (χ2n) is 23.1. The van der Waals surface area contributed by atoms with E-state index in [0.717, 1.165) is 57.8 Å². The highest BCUT2D eigenvalue weighted by atomic mass is 16.5. The number of carbonyl (C=O) groups is 2. The van der Waals surface area contributed by atoms with Crippen LogP contribution in [0.15, 0.2) is 48.6 Å². The van der Waals surface area contributed by atoms with Crippen LogP contribution in [0.1, 0.15) is 361 Å². The summed E-state index contributed by atoms with van der Waals surface area (Å²) >= 11 is 0. The van der Waals surface area contributed by atoms with E-state index in [1.807, 2.05) is 6.08 Å². The van der Waals surface area contributed by atoms with E-state index >= 15 is 0 Å². The van der Waals surface area contributed by atoms with E-state index in [1.54, 1.807) is 6.08 Å². The van der Waals surface area contributed by atoms with Gasteiger partial charge in [0.2, 0.25) is 5.91 Å². The summed E-state index contributed by atoms with van der Waals surface area (Å²) < 4.78 is 5.47. The number of nitrogens with one attached hydrogen (secondary N) is 1. The van der Waals surface area contributed by atoms with Crippen LogP contribution in [-0.4, -0.2) is 47.4 Å². The average Bonchev–Trinajstić information content (AvgIpc) is 3.42. The van der Waals surface area contributed by atoms with E-state index in [2.05, 4.69) is 55.6 Å². The molecule has 0 aromatic heterocycles. The van der Waals surface area contributed by atoms with Gasteiger partial charge in [0, 0.05) is 12.8 Å². The van der Waals surface area contributed by atoms with Crippen LogP contribution in [-0.2, 0) is 14.3 Å². The van der Waals surface area contributed by atoms with Crippen molar-refractivity contribution < 1.29 is 24.5 Å². The predicted molar refractivity (Wildman–Crippen MR) is 333 cm³/mol. The summed E-state index contributed by atoms with van der Waals surface area (Å²) in [5, 5.41) is 23.3. The molecule has 446 valence electrons. The minimum Gasteiger partial charge on any atom is -0.466 e. The molecular weight excluding hydrogens is 935 g/mol. The van der Waals surface area contributed by atoms with Gasteiger partial charge >= 0.3 is 5.97 Å². The molecule has 0 saturated heterocycles. The molecule has 0 aliphatic carbocycles. The van der Waals surface area contributed by atoms with Crippen molar-refractivity contribution in [3.05, 3.63) is 48.6 Å². The summed E-state index contributed by atoms with van der Waals surface area (Å²) in [5.74, 6) is -0.0806. The molecule has 0 aromatic rings. The highest BCUT2D eigenvalue weighted by Gasteiger charge is 2.18. The predicted octanol–water partition coefficient (Wildman–Crippen LogP) is 21.7. The highest BCUT2D eigenvalue weighted by Crippen LogP contribution is 2.18. The van der Waals surface area contributed by atoms with Gasteiger partial charge in [-0.3, -0.25) is 9.59 Å². The van der Waals surface area contributed by atoms with Crippen molar-refractivity contribution in [3.63, 3.8) is 0 Å². The van der Waals surface area contributed by atoms with Gasteiger partial charge < -0.3 is 20.3 Å². The number of allylic oxidation sites excluding steroid dienone is 7. The molecule has 2 unspecified atom stereocenters. The zero-order valence-electron chi connectivity index (χ0n) is 51.0. The van der Waals surface area contributed by atoms with Crippen LogP contribution in [0.5, 0.6) is 0 Å². The van der Waals surface area contributed by atoms with Gasteiger partial charge in [-0.1, -0.05) is 313 Å². The molecule has 2 atom stereocenters. The first kappa shape index (κ1) is 73.8. The van der Waals surface area contributed by atoms with Gasteiger partial charge in [0.05, 0.1) is 25.4 Å². The maximum absolute atomic E-state index is 12.5. The summed E-state index contributed by atoms with van der Waals surface area (Å²) in [6.45, 7) is 4.85. The number of ether oxygens (including phenoxy) is 1. The minimum atomic E-state index is -0.852. The first-order valence-electron chi connectivity index (χ1n) is 33.9. The fourth-order valence-electron chi connectivity index (χ4n) is 10.4. The van der Waals surface area contributed by atoms with Gasteiger partial charge in [0.25, 0.3) is 0 Å². The number of aliphatic hydroxyl groups excluding tert-OH is 2. The number of rotatable bonds is 63. The molecule has 1 amide bonds. The lowest BCUT2D eigenvalue weighted by atomic mass is 10.0. The molecule has 0 aliphatic heterocycles. The Kier molecular flexibility index (Phi) is 63.5. The summed E-state index contributed by atoms with van der Waals surface area (Å²) in [6, 6.07) is -0.636. The van der Waals surface area contributed by atoms with Crippen molar-refractivity contribution in [2.75, 3.05) is 13.2 Å². The first-order chi connectivity index (χ1) is 37.5. The van der Waals surface area contributed by atoms with Gasteiger partial charge in [0.1, 0.15) is 0 Å². The van der Waals surface area contributed by atoms with Gasteiger partial charge in [-0.2, -0.15) is 0 Å².